The minimum absolute atomic E-state index is 0.0636. The molecule has 5 heteroatoms. The highest BCUT2D eigenvalue weighted by atomic mass is 16.5. The Kier molecular flexibility index (Phi) is 5.72. The topological polar surface area (TPSA) is 60.5 Å². The van der Waals surface area contributed by atoms with Crippen LogP contribution >= 0.6 is 0 Å². The molecule has 5 nitrogen and oxygen atoms in total. The normalized spacial score (nSPS) is 10.1. The van der Waals surface area contributed by atoms with E-state index in [9.17, 15) is 4.79 Å². The molecule has 1 aromatic heterocycles. The van der Waals surface area contributed by atoms with Crippen molar-refractivity contribution in [1.29, 1.82) is 0 Å². The van der Waals surface area contributed by atoms with Crippen LogP contribution in [0, 0.1) is 0 Å². The van der Waals surface area contributed by atoms with Gasteiger partial charge in [-0.3, -0.25) is 4.79 Å². The van der Waals surface area contributed by atoms with Crippen LogP contribution in [0.2, 0.25) is 0 Å². The third-order valence-electron chi connectivity index (χ3n) is 2.82. The van der Waals surface area contributed by atoms with Gasteiger partial charge in [0.1, 0.15) is 5.75 Å². The van der Waals surface area contributed by atoms with Gasteiger partial charge in [-0.15, -0.1) is 0 Å². The molecule has 2 aromatic rings. The van der Waals surface area contributed by atoms with Gasteiger partial charge in [0.05, 0.1) is 6.61 Å². The fourth-order valence-corrected chi connectivity index (χ4v) is 1.73. The van der Waals surface area contributed by atoms with Crippen molar-refractivity contribution in [3.63, 3.8) is 0 Å². The number of nitrogens with one attached hydrogen (secondary N) is 1. The maximum absolute atomic E-state index is 11.6. The zero-order chi connectivity index (χ0) is 14.9. The highest BCUT2D eigenvalue weighted by Gasteiger charge is 2.07. The molecule has 0 aliphatic carbocycles. The first kappa shape index (κ1) is 15.0. The monoisotopic (exact) mass is 286 g/mol. The molecule has 0 spiro atoms. The molecular weight excluding hydrogens is 268 g/mol. The van der Waals surface area contributed by atoms with E-state index in [0.717, 1.165) is 5.56 Å². The molecule has 0 unspecified atom stereocenters. The van der Waals surface area contributed by atoms with E-state index in [4.69, 9.17) is 9.47 Å². The van der Waals surface area contributed by atoms with E-state index in [0.29, 0.717) is 31.2 Å². The first-order chi connectivity index (χ1) is 10.3. The second kappa shape index (κ2) is 8.01. The summed E-state index contributed by atoms with van der Waals surface area (Å²) in [4.78, 5) is 15.8. The van der Waals surface area contributed by atoms with Gasteiger partial charge < -0.3 is 14.8 Å². The number of methoxy groups -OCH3 is 1. The molecule has 1 aromatic carbocycles. The molecule has 1 amide bonds. The van der Waals surface area contributed by atoms with Crippen molar-refractivity contribution in [3.8, 4) is 11.6 Å². The van der Waals surface area contributed by atoms with Gasteiger partial charge in [0, 0.05) is 31.8 Å². The van der Waals surface area contributed by atoms with Crippen molar-refractivity contribution in [1.82, 2.24) is 10.3 Å². The number of hydrogen-bond acceptors (Lipinski definition) is 4. The molecule has 1 heterocycles. The Morgan fingerprint density at radius 2 is 2.00 bits per heavy atom. The van der Waals surface area contributed by atoms with Crippen LogP contribution in [0.15, 0.2) is 48.7 Å². The smallest absolute Gasteiger partial charge is 0.224 e. The summed E-state index contributed by atoms with van der Waals surface area (Å²) in [6, 6.07) is 13.1. The molecule has 1 N–H and O–H groups in total. The number of amides is 1. The Morgan fingerprint density at radius 3 is 2.76 bits per heavy atom. The Bertz CT molecular complexity index is 573. The Morgan fingerprint density at radius 1 is 1.19 bits per heavy atom. The predicted octanol–water partition coefficient (Wildman–Crippen LogP) is 2.53. The number of para-hydroxylation sites is 1. The maximum Gasteiger partial charge on any atom is 0.224 e. The molecule has 2 rings (SSSR count). The first-order valence-electron chi connectivity index (χ1n) is 6.72. The number of rotatable bonds is 7. The van der Waals surface area contributed by atoms with E-state index in [2.05, 4.69) is 10.3 Å². The number of nitrogens with zero attached hydrogens (tertiary/aromatic N) is 1. The SMILES string of the molecule is COCCC(=O)NCc1cccnc1Oc1ccccc1. The maximum atomic E-state index is 11.6. The molecule has 0 radical (unpaired) electrons. The lowest BCUT2D eigenvalue weighted by molar-refractivity contribution is -0.122. The summed E-state index contributed by atoms with van der Waals surface area (Å²) >= 11 is 0. The Labute approximate surface area is 123 Å². The van der Waals surface area contributed by atoms with Crippen molar-refractivity contribution in [2.45, 2.75) is 13.0 Å². The van der Waals surface area contributed by atoms with Gasteiger partial charge in [0.25, 0.3) is 0 Å². The van der Waals surface area contributed by atoms with E-state index in [1.54, 1.807) is 13.3 Å². The number of benzene rings is 1. The van der Waals surface area contributed by atoms with E-state index < -0.39 is 0 Å². The van der Waals surface area contributed by atoms with Gasteiger partial charge in [0.15, 0.2) is 0 Å². The van der Waals surface area contributed by atoms with Crippen molar-refractivity contribution in [3.05, 3.63) is 54.2 Å². The Hall–Kier alpha value is -2.40. The Balaban J connectivity index is 1.98. The molecule has 0 atom stereocenters. The molecule has 0 saturated heterocycles. The highest BCUT2D eigenvalue weighted by molar-refractivity contribution is 5.76. The zero-order valence-corrected chi connectivity index (χ0v) is 11.9. The van der Waals surface area contributed by atoms with Gasteiger partial charge in [-0.25, -0.2) is 4.98 Å². The van der Waals surface area contributed by atoms with Crippen LogP contribution in [0.4, 0.5) is 0 Å². The summed E-state index contributed by atoms with van der Waals surface area (Å²) in [5, 5.41) is 2.82. The van der Waals surface area contributed by atoms with E-state index in [1.807, 2.05) is 42.5 Å². The summed E-state index contributed by atoms with van der Waals surface area (Å²) in [5.41, 5.74) is 0.826. The lowest BCUT2D eigenvalue weighted by Gasteiger charge is -2.10. The summed E-state index contributed by atoms with van der Waals surface area (Å²) in [6.45, 7) is 0.783. The second-order valence-electron chi connectivity index (χ2n) is 4.40. The number of carbonyl (C=O) groups is 1. The van der Waals surface area contributed by atoms with Crippen LogP contribution in [0.3, 0.4) is 0 Å². The van der Waals surface area contributed by atoms with Crippen molar-refractivity contribution < 1.29 is 14.3 Å². The predicted molar refractivity (Wildman–Crippen MR) is 79.1 cm³/mol. The van der Waals surface area contributed by atoms with Gasteiger partial charge in [-0.05, 0) is 18.2 Å². The summed E-state index contributed by atoms with van der Waals surface area (Å²) in [7, 11) is 1.57. The number of pyridine rings is 1. The van der Waals surface area contributed by atoms with Gasteiger partial charge >= 0.3 is 0 Å². The number of carbonyl (C=O) groups excluding carboxylic acids is 1. The minimum Gasteiger partial charge on any atom is -0.439 e. The zero-order valence-electron chi connectivity index (χ0n) is 11.9. The van der Waals surface area contributed by atoms with Crippen LogP contribution in [0.1, 0.15) is 12.0 Å². The largest absolute Gasteiger partial charge is 0.439 e. The first-order valence-corrected chi connectivity index (χ1v) is 6.72. The fourth-order valence-electron chi connectivity index (χ4n) is 1.73. The number of hydrogen-bond donors (Lipinski definition) is 1. The van der Waals surface area contributed by atoms with E-state index in [1.165, 1.54) is 0 Å². The van der Waals surface area contributed by atoms with Crippen molar-refractivity contribution in [2.24, 2.45) is 0 Å². The number of aromatic nitrogens is 1. The molecular formula is C16H18N2O3. The van der Waals surface area contributed by atoms with Crippen LogP contribution < -0.4 is 10.1 Å². The van der Waals surface area contributed by atoms with Gasteiger partial charge in [-0.1, -0.05) is 24.3 Å². The molecule has 0 fully saturated rings. The van der Waals surface area contributed by atoms with Crippen LogP contribution in [-0.4, -0.2) is 24.6 Å². The van der Waals surface area contributed by atoms with E-state index >= 15 is 0 Å². The van der Waals surface area contributed by atoms with Crippen molar-refractivity contribution in [2.75, 3.05) is 13.7 Å². The second-order valence-corrected chi connectivity index (χ2v) is 4.40. The summed E-state index contributed by atoms with van der Waals surface area (Å²) < 4.78 is 10.6. The standard InChI is InChI=1S/C16H18N2O3/c1-20-11-9-15(19)18-12-13-6-5-10-17-16(13)21-14-7-3-2-4-8-14/h2-8,10H,9,11-12H2,1H3,(H,18,19). The average Bonchev–Trinajstić information content (AvgIpc) is 2.53. The molecule has 110 valence electrons. The molecule has 0 aliphatic rings. The van der Waals surface area contributed by atoms with E-state index in [-0.39, 0.29) is 5.91 Å². The average molecular weight is 286 g/mol. The van der Waals surface area contributed by atoms with Crippen LogP contribution in [-0.2, 0) is 16.1 Å². The van der Waals surface area contributed by atoms with Crippen LogP contribution in [0.5, 0.6) is 11.6 Å². The van der Waals surface area contributed by atoms with Crippen molar-refractivity contribution >= 4 is 5.91 Å². The molecule has 0 saturated carbocycles. The van der Waals surface area contributed by atoms with Crippen LogP contribution in [0.25, 0.3) is 0 Å². The van der Waals surface area contributed by atoms with Gasteiger partial charge in [-0.2, -0.15) is 0 Å². The minimum atomic E-state index is -0.0636. The summed E-state index contributed by atoms with van der Waals surface area (Å²) in [6.07, 6.45) is 2.00. The third-order valence-corrected chi connectivity index (χ3v) is 2.82. The highest BCUT2D eigenvalue weighted by Crippen LogP contribution is 2.22. The lowest BCUT2D eigenvalue weighted by Crippen LogP contribution is -2.24. The lowest BCUT2D eigenvalue weighted by atomic mass is 10.2. The fraction of sp³-hybridized carbons (Fsp3) is 0.250. The molecule has 0 aliphatic heterocycles. The molecule has 21 heavy (non-hydrogen) atoms. The number of ether oxygens (including phenoxy) is 2. The quantitative estimate of drug-likeness (QED) is 0.849. The molecule has 0 bridgehead atoms. The summed E-state index contributed by atoms with van der Waals surface area (Å²) in [5.74, 6) is 1.14. The van der Waals surface area contributed by atoms with Gasteiger partial charge in [0.2, 0.25) is 11.8 Å². The third kappa shape index (κ3) is 4.89.